The molecule has 0 spiro atoms. The second-order valence-corrected chi connectivity index (χ2v) is 2.77. The van der Waals surface area contributed by atoms with Gasteiger partial charge in [-0.2, -0.15) is 0 Å². The number of rotatable bonds is 4. The fourth-order valence-corrected chi connectivity index (χ4v) is 0.834. The van der Waals surface area contributed by atoms with E-state index in [2.05, 4.69) is 10.3 Å². The van der Waals surface area contributed by atoms with Gasteiger partial charge in [-0.15, -0.1) is 5.10 Å². The van der Waals surface area contributed by atoms with Crippen LogP contribution in [0.5, 0.6) is 0 Å². The van der Waals surface area contributed by atoms with E-state index in [1.165, 1.54) is 0 Å². The second kappa shape index (κ2) is 3.96. The summed E-state index contributed by atoms with van der Waals surface area (Å²) in [6, 6.07) is 0. The van der Waals surface area contributed by atoms with Crippen LogP contribution in [0.3, 0.4) is 0 Å². The maximum atomic E-state index is 10.2. The van der Waals surface area contributed by atoms with Gasteiger partial charge in [-0.1, -0.05) is 12.1 Å². The molecule has 1 unspecified atom stereocenters. The van der Waals surface area contributed by atoms with Crippen molar-refractivity contribution in [2.75, 3.05) is 6.61 Å². The summed E-state index contributed by atoms with van der Waals surface area (Å²) >= 11 is 0. The molecule has 0 aromatic carbocycles. The molecule has 0 aliphatic carbocycles. The van der Waals surface area contributed by atoms with Crippen molar-refractivity contribution < 1.29 is 9.90 Å². The number of aliphatic hydroxyl groups is 1. The molecular weight excluding hydrogens is 158 g/mol. The van der Waals surface area contributed by atoms with Crippen LogP contribution in [-0.2, 0) is 6.54 Å². The first-order valence-corrected chi connectivity index (χ1v) is 3.72. The highest BCUT2D eigenvalue weighted by atomic mass is 16.3. The van der Waals surface area contributed by atoms with Gasteiger partial charge in [0.2, 0.25) is 0 Å². The van der Waals surface area contributed by atoms with Crippen molar-refractivity contribution in [1.29, 1.82) is 0 Å². The summed E-state index contributed by atoms with van der Waals surface area (Å²) in [7, 11) is 0. The van der Waals surface area contributed by atoms with Crippen molar-refractivity contribution in [1.82, 2.24) is 15.0 Å². The lowest BCUT2D eigenvalue weighted by molar-refractivity contribution is 0.111. The molecule has 0 saturated heterocycles. The van der Waals surface area contributed by atoms with Gasteiger partial charge in [0.15, 0.2) is 6.29 Å². The predicted octanol–water partition coefficient (Wildman–Crippen LogP) is -0.281. The fraction of sp³-hybridized carbons (Fsp3) is 0.571. The molecule has 1 heterocycles. The van der Waals surface area contributed by atoms with E-state index >= 15 is 0 Å². The summed E-state index contributed by atoms with van der Waals surface area (Å²) in [5.74, 6) is 0.131. The number of carbonyl (C=O) groups excluding carboxylic acids is 1. The van der Waals surface area contributed by atoms with Crippen LogP contribution in [0.15, 0.2) is 6.20 Å². The summed E-state index contributed by atoms with van der Waals surface area (Å²) in [4.78, 5) is 10.2. The molecule has 66 valence electrons. The SMILES string of the molecule is CC(CO)Cn1cc(C=O)nn1. The van der Waals surface area contributed by atoms with Gasteiger partial charge in [0.05, 0.1) is 6.20 Å². The lowest BCUT2D eigenvalue weighted by Crippen LogP contribution is -2.11. The Morgan fingerprint density at radius 1 is 1.83 bits per heavy atom. The van der Waals surface area contributed by atoms with Crippen molar-refractivity contribution >= 4 is 6.29 Å². The first-order chi connectivity index (χ1) is 5.76. The molecule has 1 atom stereocenters. The van der Waals surface area contributed by atoms with E-state index in [1.54, 1.807) is 10.9 Å². The van der Waals surface area contributed by atoms with E-state index in [0.29, 0.717) is 18.5 Å². The van der Waals surface area contributed by atoms with Crippen molar-refractivity contribution in [3.05, 3.63) is 11.9 Å². The van der Waals surface area contributed by atoms with Gasteiger partial charge in [0.25, 0.3) is 0 Å². The predicted molar refractivity (Wildman–Crippen MR) is 41.7 cm³/mol. The number of hydrogen-bond acceptors (Lipinski definition) is 4. The first-order valence-electron chi connectivity index (χ1n) is 3.72. The van der Waals surface area contributed by atoms with E-state index in [-0.39, 0.29) is 12.5 Å². The third kappa shape index (κ3) is 2.13. The van der Waals surface area contributed by atoms with Crippen molar-refractivity contribution in [3.63, 3.8) is 0 Å². The Morgan fingerprint density at radius 2 is 2.58 bits per heavy atom. The minimum Gasteiger partial charge on any atom is -0.396 e. The van der Waals surface area contributed by atoms with Crippen molar-refractivity contribution in [2.24, 2.45) is 5.92 Å². The van der Waals surface area contributed by atoms with E-state index in [4.69, 9.17) is 5.11 Å². The summed E-state index contributed by atoms with van der Waals surface area (Å²) in [5.41, 5.74) is 0.320. The van der Waals surface area contributed by atoms with Gasteiger partial charge in [-0.3, -0.25) is 9.48 Å². The Balaban J connectivity index is 2.57. The van der Waals surface area contributed by atoms with E-state index in [1.807, 2.05) is 6.92 Å². The number of aldehydes is 1. The molecule has 5 nitrogen and oxygen atoms in total. The Labute approximate surface area is 70.0 Å². The van der Waals surface area contributed by atoms with Gasteiger partial charge in [0.1, 0.15) is 5.69 Å². The minimum atomic E-state index is 0.107. The highest BCUT2D eigenvalue weighted by molar-refractivity contribution is 5.70. The third-order valence-corrected chi connectivity index (χ3v) is 1.49. The van der Waals surface area contributed by atoms with Crippen LogP contribution in [0.25, 0.3) is 0 Å². The van der Waals surface area contributed by atoms with Gasteiger partial charge < -0.3 is 5.11 Å². The Kier molecular flexibility index (Phi) is 2.93. The Morgan fingerprint density at radius 3 is 3.08 bits per heavy atom. The molecule has 5 heteroatoms. The molecule has 0 aliphatic heterocycles. The summed E-state index contributed by atoms with van der Waals surface area (Å²) in [6.45, 7) is 2.58. The van der Waals surface area contributed by atoms with Crippen molar-refractivity contribution in [2.45, 2.75) is 13.5 Å². The molecule has 0 aliphatic rings. The Hall–Kier alpha value is -1.23. The quantitative estimate of drug-likeness (QED) is 0.629. The van der Waals surface area contributed by atoms with E-state index in [0.717, 1.165) is 0 Å². The maximum absolute atomic E-state index is 10.2. The molecule has 0 bridgehead atoms. The van der Waals surface area contributed by atoms with E-state index < -0.39 is 0 Å². The fourth-order valence-electron chi connectivity index (χ4n) is 0.834. The number of hydrogen-bond donors (Lipinski definition) is 1. The smallest absolute Gasteiger partial charge is 0.171 e. The topological polar surface area (TPSA) is 68.0 Å². The molecule has 1 N–H and O–H groups in total. The highest BCUT2D eigenvalue weighted by Crippen LogP contribution is 1.97. The normalized spacial score (nSPS) is 12.8. The minimum absolute atomic E-state index is 0.107. The van der Waals surface area contributed by atoms with Crippen LogP contribution in [0.4, 0.5) is 0 Å². The molecule has 1 rings (SSSR count). The monoisotopic (exact) mass is 169 g/mol. The van der Waals surface area contributed by atoms with Crippen LogP contribution in [0.1, 0.15) is 17.4 Å². The number of carbonyl (C=O) groups is 1. The van der Waals surface area contributed by atoms with Crippen LogP contribution < -0.4 is 0 Å². The summed E-state index contributed by atoms with van der Waals surface area (Å²) < 4.78 is 1.55. The molecule has 0 radical (unpaired) electrons. The second-order valence-electron chi connectivity index (χ2n) is 2.77. The van der Waals surface area contributed by atoms with Crippen LogP contribution >= 0.6 is 0 Å². The summed E-state index contributed by atoms with van der Waals surface area (Å²) in [5, 5.41) is 16.0. The lowest BCUT2D eigenvalue weighted by Gasteiger charge is -2.05. The molecule has 1 aromatic heterocycles. The molecule has 1 aromatic rings. The van der Waals surface area contributed by atoms with Crippen LogP contribution in [-0.4, -0.2) is 33.0 Å². The molecular formula is C7H11N3O2. The molecule has 0 saturated carbocycles. The largest absolute Gasteiger partial charge is 0.396 e. The third-order valence-electron chi connectivity index (χ3n) is 1.49. The number of aromatic nitrogens is 3. The van der Waals surface area contributed by atoms with Gasteiger partial charge in [-0.05, 0) is 5.92 Å². The van der Waals surface area contributed by atoms with Gasteiger partial charge in [-0.25, -0.2) is 0 Å². The maximum Gasteiger partial charge on any atom is 0.171 e. The zero-order chi connectivity index (χ0) is 8.97. The first kappa shape index (κ1) is 8.86. The Bertz CT molecular complexity index is 259. The van der Waals surface area contributed by atoms with Gasteiger partial charge in [0, 0.05) is 13.2 Å². The average molecular weight is 169 g/mol. The molecule has 0 amide bonds. The zero-order valence-electron chi connectivity index (χ0n) is 6.84. The van der Waals surface area contributed by atoms with E-state index in [9.17, 15) is 4.79 Å². The molecule has 0 fully saturated rings. The summed E-state index contributed by atoms with van der Waals surface area (Å²) in [6.07, 6.45) is 2.20. The zero-order valence-corrected chi connectivity index (χ0v) is 6.84. The van der Waals surface area contributed by atoms with Crippen LogP contribution in [0.2, 0.25) is 0 Å². The average Bonchev–Trinajstić information content (AvgIpc) is 2.52. The molecule has 12 heavy (non-hydrogen) atoms. The standard InChI is InChI=1S/C7H11N3O2/c1-6(4-11)2-10-3-7(5-12)8-9-10/h3,5-6,11H,2,4H2,1H3. The van der Waals surface area contributed by atoms with Crippen LogP contribution in [0, 0.1) is 5.92 Å². The highest BCUT2D eigenvalue weighted by Gasteiger charge is 2.03. The van der Waals surface area contributed by atoms with Gasteiger partial charge >= 0.3 is 0 Å². The lowest BCUT2D eigenvalue weighted by atomic mass is 10.2. The number of aliphatic hydroxyl groups excluding tert-OH is 1. The van der Waals surface area contributed by atoms with Crippen molar-refractivity contribution in [3.8, 4) is 0 Å². The number of nitrogens with zero attached hydrogens (tertiary/aromatic N) is 3.